The molecule has 3 heteroatoms. The molecule has 1 aromatic heterocycles. The maximum Gasteiger partial charge on any atom is 0.113 e. The second-order valence-electron chi connectivity index (χ2n) is 4.46. The molecule has 0 aliphatic heterocycles. The molecule has 0 fully saturated rings. The third-order valence-corrected chi connectivity index (χ3v) is 2.98. The monoisotopic (exact) mass is 261 g/mol. The molecule has 0 aliphatic rings. The van der Waals surface area contributed by atoms with Crippen molar-refractivity contribution < 1.29 is 0 Å². The topological polar surface area (TPSA) is 30.7 Å². The lowest BCUT2D eigenvalue weighted by Crippen LogP contribution is -1.99. The molecular formula is C17H15N3. The molecule has 0 saturated heterocycles. The third-order valence-electron chi connectivity index (χ3n) is 2.98. The quantitative estimate of drug-likeness (QED) is 0.717. The van der Waals surface area contributed by atoms with E-state index < -0.39 is 0 Å². The molecule has 0 bridgehead atoms. The normalized spacial score (nSPS) is 11.0. The fourth-order valence-corrected chi connectivity index (χ4v) is 1.97. The molecule has 0 aliphatic carbocycles. The van der Waals surface area contributed by atoms with Crippen LogP contribution in [-0.2, 0) is 6.54 Å². The summed E-state index contributed by atoms with van der Waals surface area (Å²) in [6, 6.07) is 20.3. The van der Waals surface area contributed by atoms with Gasteiger partial charge in [0.2, 0.25) is 0 Å². The van der Waals surface area contributed by atoms with Crippen LogP contribution in [0, 0.1) is 0 Å². The van der Waals surface area contributed by atoms with Gasteiger partial charge in [0, 0.05) is 5.56 Å². The van der Waals surface area contributed by atoms with Crippen molar-refractivity contribution in [1.29, 1.82) is 0 Å². The van der Waals surface area contributed by atoms with Crippen LogP contribution in [0.5, 0.6) is 0 Å². The van der Waals surface area contributed by atoms with E-state index in [9.17, 15) is 0 Å². The summed E-state index contributed by atoms with van der Waals surface area (Å²) in [5, 5.41) is 8.74. The highest BCUT2D eigenvalue weighted by atomic mass is 15.5. The zero-order chi connectivity index (χ0) is 13.6. The Labute approximate surface area is 118 Å². The summed E-state index contributed by atoms with van der Waals surface area (Å²) in [7, 11) is 0. The van der Waals surface area contributed by atoms with Gasteiger partial charge >= 0.3 is 0 Å². The molecule has 3 nitrogen and oxygen atoms in total. The molecule has 0 unspecified atom stereocenters. The van der Waals surface area contributed by atoms with Gasteiger partial charge in [-0.15, -0.1) is 0 Å². The SMILES string of the molecule is C(=C\c1ccccc1)/Cn1ncc(-c2ccccc2)n1. The molecule has 0 spiro atoms. The molecular weight excluding hydrogens is 246 g/mol. The van der Waals surface area contributed by atoms with E-state index in [2.05, 4.69) is 34.5 Å². The average Bonchev–Trinajstić information content (AvgIpc) is 2.98. The zero-order valence-electron chi connectivity index (χ0n) is 11.1. The number of hydrogen-bond acceptors (Lipinski definition) is 2. The largest absolute Gasteiger partial charge is 0.180 e. The van der Waals surface area contributed by atoms with Gasteiger partial charge < -0.3 is 0 Å². The summed E-state index contributed by atoms with van der Waals surface area (Å²) in [5.74, 6) is 0. The lowest BCUT2D eigenvalue weighted by atomic mass is 10.2. The fraction of sp³-hybridized carbons (Fsp3) is 0.0588. The van der Waals surface area contributed by atoms with Crippen molar-refractivity contribution in [2.75, 3.05) is 0 Å². The van der Waals surface area contributed by atoms with Gasteiger partial charge in [0.1, 0.15) is 5.69 Å². The average molecular weight is 261 g/mol. The number of allylic oxidation sites excluding steroid dienone is 1. The lowest BCUT2D eigenvalue weighted by molar-refractivity contribution is 0.604. The molecule has 1 heterocycles. The van der Waals surface area contributed by atoms with Gasteiger partial charge in [-0.1, -0.05) is 72.8 Å². The number of rotatable bonds is 4. The third kappa shape index (κ3) is 3.01. The van der Waals surface area contributed by atoms with Gasteiger partial charge in [0.15, 0.2) is 0 Å². The maximum absolute atomic E-state index is 4.47. The van der Waals surface area contributed by atoms with E-state index in [4.69, 9.17) is 0 Å². The maximum atomic E-state index is 4.47. The summed E-state index contributed by atoms with van der Waals surface area (Å²) in [5.41, 5.74) is 3.17. The van der Waals surface area contributed by atoms with Crippen LogP contribution in [0.15, 0.2) is 72.9 Å². The first-order valence-corrected chi connectivity index (χ1v) is 6.59. The van der Waals surface area contributed by atoms with Crippen LogP contribution in [0.1, 0.15) is 5.56 Å². The van der Waals surface area contributed by atoms with Crippen LogP contribution in [0.2, 0.25) is 0 Å². The molecule has 0 N–H and O–H groups in total. The second kappa shape index (κ2) is 5.97. The Morgan fingerprint density at radius 1 is 0.900 bits per heavy atom. The molecule has 3 rings (SSSR count). The molecule has 0 saturated carbocycles. The number of benzene rings is 2. The molecule has 20 heavy (non-hydrogen) atoms. The summed E-state index contributed by atoms with van der Waals surface area (Å²) in [6.45, 7) is 0.668. The molecule has 0 atom stereocenters. The Hall–Kier alpha value is -2.68. The summed E-state index contributed by atoms with van der Waals surface area (Å²) < 4.78 is 0. The van der Waals surface area contributed by atoms with E-state index in [-0.39, 0.29) is 0 Å². The van der Waals surface area contributed by atoms with Crippen molar-refractivity contribution in [3.8, 4) is 11.3 Å². The van der Waals surface area contributed by atoms with Crippen LogP contribution in [0.3, 0.4) is 0 Å². The zero-order valence-corrected chi connectivity index (χ0v) is 11.1. The number of nitrogens with zero attached hydrogens (tertiary/aromatic N) is 3. The van der Waals surface area contributed by atoms with E-state index in [1.807, 2.05) is 48.5 Å². The Kier molecular flexibility index (Phi) is 3.69. The van der Waals surface area contributed by atoms with E-state index >= 15 is 0 Å². The standard InChI is InChI=1S/C17H15N3/c1-3-8-15(9-4-1)10-7-13-20-18-14-17(19-20)16-11-5-2-6-12-16/h1-12,14H,13H2/b10-7+. The predicted octanol–water partition coefficient (Wildman–Crippen LogP) is 3.66. The van der Waals surface area contributed by atoms with Crippen LogP contribution < -0.4 is 0 Å². The molecule has 98 valence electrons. The highest BCUT2D eigenvalue weighted by molar-refractivity contribution is 5.57. The first-order chi connectivity index (χ1) is 9.92. The van der Waals surface area contributed by atoms with Gasteiger partial charge in [-0.2, -0.15) is 15.0 Å². The minimum absolute atomic E-state index is 0.668. The number of aromatic nitrogens is 3. The van der Waals surface area contributed by atoms with Crippen LogP contribution >= 0.6 is 0 Å². The van der Waals surface area contributed by atoms with Gasteiger partial charge in [-0.05, 0) is 5.56 Å². The van der Waals surface area contributed by atoms with Crippen molar-refractivity contribution >= 4 is 6.08 Å². The summed E-state index contributed by atoms with van der Waals surface area (Å²) >= 11 is 0. The molecule has 0 radical (unpaired) electrons. The lowest BCUT2D eigenvalue weighted by Gasteiger charge is -1.95. The van der Waals surface area contributed by atoms with Gasteiger partial charge in [0.25, 0.3) is 0 Å². The summed E-state index contributed by atoms with van der Waals surface area (Å²) in [4.78, 5) is 1.70. The molecule has 0 amide bonds. The minimum atomic E-state index is 0.668. The van der Waals surface area contributed by atoms with Crippen LogP contribution in [-0.4, -0.2) is 15.0 Å². The van der Waals surface area contributed by atoms with Crippen molar-refractivity contribution in [2.45, 2.75) is 6.54 Å². The van der Waals surface area contributed by atoms with Gasteiger partial charge in [0.05, 0.1) is 12.7 Å². The van der Waals surface area contributed by atoms with E-state index in [0.29, 0.717) is 6.54 Å². The first kappa shape index (κ1) is 12.4. The molecule has 2 aromatic carbocycles. The Balaban J connectivity index is 1.68. The van der Waals surface area contributed by atoms with Crippen LogP contribution in [0.25, 0.3) is 17.3 Å². The minimum Gasteiger partial charge on any atom is -0.180 e. The fourth-order valence-electron chi connectivity index (χ4n) is 1.97. The predicted molar refractivity (Wildman–Crippen MR) is 80.9 cm³/mol. The summed E-state index contributed by atoms with van der Waals surface area (Å²) in [6.07, 6.45) is 5.93. The highest BCUT2D eigenvalue weighted by Crippen LogP contribution is 2.14. The highest BCUT2D eigenvalue weighted by Gasteiger charge is 2.01. The molecule has 3 aromatic rings. The second-order valence-corrected chi connectivity index (χ2v) is 4.46. The Morgan fingerprint density at radius 3 is 2.35 bits per heavy atom. The van der Waals surface area contributed by atoms with Gasteiger partial charge in [-0.3, -0.25) is 0 Å². The van der Waals surface area contributed by atoms with Crippen molar-refractivity contribution in [1.82, 2.24) is 15.0 Å². The Morgan fingerprint density at radius 2 is 1.60 bits per heavy atom. The van der Waals surface area contributed by atoms with E-state index in [1.54, 1.807) is 11.0 Å². The van der Waals surface area contributed by atoms with Gasteiger partial charge in [-0.25, -0.2) is 0 Å². The first-order valence-electron chi connectivity index (χ1n) is 6.59. The van der Waals surface area contributed by atoms with E-state index in [1.165, 1.54) is 5.56 Å². The van der Waals surface area contributed by atoms with Crippen molar-refractivity contribution in [3.05, 3.63) is 78.5 Å². The van der Waals surface area contributed by atoms with Crippen molar-refractivity contribution in [2.24, 2.45) is 0 Å². The number of hydrogen-bond donors (Lipinski definition) is 0. The Bertz CT molecular complexity index is 685. The smallest absolute Gasteiger partial charge is 0.113 e. The van der Waals surface area contributed by atoms with E-state index in [0.717, 1.165) is 11.3 Å². The van der Waals surface area contributed by atoms with Crippen molar-refractivity contribution in [3.63, 3.8) is 0 Å². The van der Waals surface area contributed by atoms with Crippen LogP contribution in [0.4, 0.5) is 0 Å².